The van der Waals surface area contributed by atoms with E-state index in [4.69, 9.17) is 0 Å². The Labute approximate surface area is 113 Å². The molecule has 1 aliphatic rings. The van der Waals surface area contributed by atoms with Gasteiger partial charge in [-0.2, -0.15) is 0 Å². The van der Waals surface area contributed by atoms with Gasteiger partial charge in [0.15, 0.2) is 5.78 Å². The van der Waals surface area contributed by atoms with E-state index >= 15 is 0 Å². The Morgan fingerprint density at radius 1 is 0.789 bits per heavy atom. The minimum Gasteiger partial charge on any atom is -0.295 e. The van der Waals surface area contributed by atoms with E-state index in [1.165, 1.54) is 11.1 Å². The lowest BCUT2D eigenvalue weighted by Crippen LogP contribution is -1.90. The molecule has 1 aliphatic carbocycles. The summed E-state index contributed by atoms with van der Waals surface area (Å²) in [5.74, 6) is 0.312. The molecule has 1 nitrogen and oxygen atoms in total. The minimum absolute atomic E-state index is 0.312. The Morgan fingerprint density at radius 3 is 2.11 bits per heavy atom. The molecule has 19 heavy (non-hydrogen) atoms. The smallest absolute Gasteiger partial charge is 0.158 e. The predicted molar refractivity (Wildman–Crippen MR) is 78.7 cm³/mol. The van der Waals surface area contributed by atoms with Crippen molar-refractivity contribution in [3.63, 3.8) is 0 Å². The molecule has 1 heteroatoms. The van der Waals surface area contributed by atoms with Crippen molar-refractivity contribution in [3.05, 3.63) is 65.7 Å². The zero-order valence-electron chi connectivity index (χ0n) is 10.8. The van der Waals surface area contributed by atoms with Crippen LogP contribution in [0.3, 0.4) is 0 Å². The maximum atomic E-state index is 11.6. The fraction of sp³-hybridized carbons (Fsp3) is 0.167. The average Bonchev–Trinajstić information content (AvgIpc) is 2.86. The first-order chi connectivity index (χ1) is 9.33. The highest BCUT2D eigenvalue weighted by atomic mass is 16.1. The Hall–Kier alpha value is -2.15. The van der Waals surface area contributed by atoms with Gasteiger partial charge in [-0.15, -0.1) is 0 Å². The van der Waals surface area contributed by atoms with E-state index in [0.717, 1.165) is 24.0 Å². The van der Waals surface area contributed by atoms with Gasteiger partial charge < -0.3 is 0 Å². The van der Waals surface area contributed by atoms with Gasteiger partial charge in [0.05, 0.1) is 0 Å². The van der Waals surface area contributed by atoms with E-state index in [9.17, 15) is 4.79 Å². The van der Waals surface area contributed by atoms with Crippen LogP contribution < -0.4 is 0 Å². The number of benzene rings is 2. The van der Waals surface area contributed by atoms with Crippen molar-refractivity contribution >= 4 is 11.9 Å². The van der Waals surface area contributed by atoms with Gasteiger partial charge in [0.2, 0.25) is 0 Å². The first-order valence-electron chi connectivity index (χ1n) is 6.72. The largest absolute Gasteiger partial charge is 0.295 e. The van der Waals surface area contributed by atoms with Gasteiger partial charge in [0, 0.05) is 6.42 Å². The van der Waals surface area contributed by atoms with Crippen LogP contribution in [0.5, 0.6) is 0 Å². The summed E-state index contributed by atoms with van der Waals surface area (Å²) < 4.78 is 0. The SMILES string of the molecule is O=C1CCC/C1=C/c1ccc(-c2ccccc2)cc1. The summed E-state index contributed by atoms with van der Waals surface area (Å²) in [4.78, 5) is 11.6. The van der Waals surface area contributed by atoms with Crippen molar-refractivity contribution in [3.8, 4) is 11.1 Å². The molecule has 2 aromatic carbocycles. The van der Waals surface area contributed by atoms with Crippen LogP contribution >= 0.6 is 0 Å². The van der Waals surface area contributed by atoms with Gasteiger partial charge in [0.25, 0.3) is 0 Å². The monoisotopic (exact) mass is 248 g/mol. The van der Waals surface area contributed by atoms with Gasteiger partial charge in [0.1, 0.15) is 0 Å². The summed E-state index contributed by atoms with van der Waals surface area (Å²) >= 11 is 0. The van der Waals surface area contributed by atoms with Crippen molar-refractivity contribution in [2.24, 2.45) is 0 Å². The first-order valence-corrected chi connectivity index (χ1v) is 6.72. The third-order valence-corrected chi connectivity index (χ3v) is 3.57. The number of carbonyl (C=O) groups excluding carboxylic acids is 1. The number of allylic oxidation sites excluding steroid dienone is 1. The quantitative estimate of drug-likeness (QED) is 0.716. The van der Waals surface area contributed by atoms with Crippen LogP contribution in [-0.4, -0.2) is 5.78 Å². The van der Waals surface area contributed by atoms with E-state index in [1.807, 2.05) is 24.3 Å². The molecule has 0 atom stereocenters. The zero-order valence-corrected chi connectivity index (χ0v) is 10.8. The summed E-state index contributed by atoms with van der Waals surface area (Å²) in [7, 11) is 0. The van der Waals surface area contributed by atoms with Crippen LogP contribution in [0.4, 0.5) is 0 Å². The fourth-order valence-electron chi connectivity index (χ4n) is 2.50. The van der Waals surface area contributed by atoms with E-state index in [-0.39, 0.29) is 0 Å². The molecule has 0 amide bonds. The molecule has 0 aromatic heterocycles. The first kappa shape index (κ1) is 11.9. The summed E-state index contributed by atoms with van der Waals surface area (Å²) in [5.41, 5.74) is 4.52. The molecule has 1 fully saturated rings. The third kappa shape index (κ3) is 2.65. The second kappa shape index (κ2) is 5.23. The highest BCUT2D eigenvalue weighted by molar-refractivity contribution is 6.01. The van der Waals surface area contributed by atoms with E-state index < -0.39 is 0 Å². The lowest BCUT2D eigenvalue weighted by atomic mass is 10.0. The normalized spacial score (nSPS) is 17.1. The van der Waals surface area contributed by atoms with Crippen LogP contribution in [0, 0.1) is 0 Å². The van der Waals surface area contributed by atoms with Crippen LogP contribution in [0.25, 0.3) is 17.2 Å². The van der Waals surface area contributed by atoms with E-state index in [0.29, 0.717) is 12.2 Å². The third-order valence-electron chi connectivity index (χ3n) is 3.57. The van der Waals surface area contributed by atoms with Crippen molar-refractivity contribution < 1.29 is 4.79 Å². The second-order valence-corrected chi connectivity index (χ2v) is 4.93. The van der Waals surface area contributed by atoms with E-state index in [2.05, 4.69) is 36.4 Å². The molecular formula is C18H16O. The highest BCUT2D eigenvalue weighted by Crippen LogP contribution is 2.24. The van der Waals surface area contributed by atoms with Gasteiger partial charge in [-0.05, 0) is 41.2 Å². The molecule has 94 valence electrons. The molecule has 1 saturated carbocycles. The number of Topliss-reactive ketones (excluding diaryl/α,β-unsaturated/α-hetero) is 1. The second-order valence-electron chi connectivity index (χ2n) is 4.93. The maximum Gasteiger partial charge on any atom is 0.158 e. The van der Waals surface area contributed by atoms with Gasteiger partial charge >= 0.3 is 0 Å². The molecule has 3 rings (SSSR count). The molecule has 0 unspecified atom stereocenters. The number of ketones is 1. The van der Waals surface area contributed by atoms with Crippen molar-refractivity contribution in [2.45, 2.75) is 19.3 Å². The maximum absolute atomic E-state index is 11.6. The Balaban J connectivity index is 1.85. The molecule has 0 N–H and O–H groups in total. The molecule has 0 aliphatic heterocycles. The van der Waals surface area contributed by atoms with Crippen molar-refractivity contribution in [2.75, 3.05) is 0 Å². The molecule has 0 spiro atoms. The Morgan fingerprint density at radius 2 is 1.47 bits per heavy atom. The summed E-state index contributed by atoms with van der Waals surface area (Å²) in [6.07, 6.45) is 4.68. The standard InChI is InChI=1S/C18H16O/c19-18-8-4-7-17(18)13-14-9-11-16(12-10-14)15-5-2-1-3-6-15/h1-3,5-6,9-13H,4,7-8H2/b17-13-. The molecule has 0 bridgehead atoms. The van der Waals surface area contributed by atoms with Gasteiger partial charge in [-0.1, -0.05) is 54.6 Å². The van der Waals surface area contributed by atoms with Gasteiger partial charge in [-0.25, -0.2) is 0 Å². The van der Waals surface area contributed by atoms with E-state index in [1.54, 1.807) is 0 Å². The zero-order chi connectivity index (χ0) is 13.1. The Bertz CT molecular complexity index is 606. The fourth-order valence-corrected chi connectivity index (χ4v) is 2.50. The topological polar surface area (TPSA) is 17.1 Å². The van der Waals surface area contributed by atoms with Crippen molar-refractivity contribution in [1.29, 1.82) is 0 Å². The number of hydrogen-bond acceptors (Lipinski definition) is 1. The average molecular weight is 248 g/mol. The van der Waals surface area contributed by atoms with Crippen LogP contribution in [0.15, 0.2) is 60.2 Å². The van der Waals surface area contributed by atoms with Gasteiger partial charge in [-0.3, -0.25) is 4.79 Å². The predicted octanol–water partition coefficient (Wildman–Crippen LogP) is 4.49. The highest BCUT2D eigenvalue weighted by Gasteiger charge is 2.16. The van der Waals surface area contributed by atoms with Crippen LogP contribution in [-0.2, 0) is 4.79 Å². The minimum atomic E-state index is 0.312. The number of rotatable bonds is 2. The molecule has 0 saturated heterocycles. The molecule has 2 aromatic rings. The molecular weight excluding hydrogens is 232 g/mol. The summed E-state index contributed by atoms with van der Waals surface area (Å²) in [6.45, 7) is 0. The van der Waals surface area contributed by atoms with Crippen LogP contribution in [0.1, 0.15) is 24.8 Å². The lowest BCUT2D eigenvalue weighted by molar-refractivity contribution is -0.114. The molecule has 0 radical (unpaired) electrons. The molecule has 0 heterocycles. The van der Waals surface area contributed by atoms with Crippen molar-refractivity contribution in [1.82, 2.24) is 0 Å². The van der Waals surface area contributed by atoms with Crippen LogP contribution in [0.2, 0.25) is 0 Å². The Kier molecular flexibility index (Phi) is 3.28. The lowest BCUT2D eigenvalue weighted by Gasteiger charge is -2.02. The summed E-state index contributed by atoms with van der Waals surface area (Å²) in [5, 5.41) is 0. The number of hydrogen-bond donors (Lipinski definition) is 0. The summed E-state index contributed by atoms with van der Waals surface area (Å²) in [6, 6.07) is 18.7. The number of carbonyl (C=O) groups is 1.